The normalized spacial score (nSPS) is 17.5. The third-order valence-electron chi connectivity index (χ3n) is 2.20. The number of aromatic nitrogens is 2. The lowest BCUT2D eigenvalue weighted by molar-refractivity contribution is -0.121. The summed E-state index contributed by atoms with van der Waals surface area (Å²) in [5.74, 6) is 0.851. The van der Waals surface area contributed by atoms with E-state index in [2.05, 4.69) is 20.8 Å². The van der Waals surface area contributed by atoms with E-state index in [4.69, 9.17) is 0 Å². The van der Waals surface area contributed by atoms with Crippen molar-refractivity contribution in [2.75, 3.05) is 18.8 Å². The van der Waals surface area contributed by atoms with Crippen LogP contribution in [0.25, 0.3) is 0 Å². The lowest BCUT2D eigenvalue weighted by atomic mass is 10.3. The fourth-order valence-corrected chi connectivity index (χ4v) is 3.15. The second-order valence-corrected chi connectivity index (χ2v) is 6.06. The van der Waals surface area contributed by atoms with Gasteiger partial charge in [-0.1, -0.05) is 35.3 Å². The summed E-state index contributed by atoms with van der Waals surface area (Å²) in [5.41, 5.74) is 0. The van der Waals surface area contributed by atoms with E-state index in [1.807, 2.05) is 19.1 Å². The molecule has 1 amide bonds. The molecule has 0 radical (unpaired) electrons. The number of hydrogen-bond acceptors (Lipinski definition) is 6. The first-order valence-electron chi connectivity index (χ1n) is 5.36. The van der Waals surface area contributed by atoms with Crippen LogP contribution in [-0.4, -0.2) is 41.0 Å². The maximum Gasteiger partial charge on any atom is 0.241 e. The molecule has 1 unspecified atom stereocenters. The van der Waals surface area contributed by atoms with E-state index in [1.165, 1.54) is 0 Å². The van der Waals surface area contributed by atoms with Gasteiger partial charge in [0.25, 0.3) is 0 Å². The number of nitrogens with one attached hydrogen (secondary N) is 2. The van der Waals surface area contributed by atoms with E-state index in [-0.39, 0.29) is 24.4 Å². The highest BCUT2D eigenvalue weighted by Gasteiger charge is 2.16. The minimum absolute atomic E-state index is 0. The molecule has 0 fully saturated rings. The lowest BCUT2D eigenvalue weighted by Crippen LogP contribution is -2.41. The van der Waals surface area contributed by atoms with Gasteiger partial charge in [0.15, 0.2) is 4.34 Å². The zero-order chi connectivity index (χ0) is 12.1. The summed E-state index contributed by atoms with van der Waals surface area (Å²) in [5, 5.41) is 14.9. The number of amides is 1. The van der Waals surface area contributed by atoms with E-state index >= 15 is 0 Å². The van der Waals surface area contributed by atoms with Crippen LogP contribution in [0.5, 0.6) is 0 Å². The van der Waals surface area contributed by atoms with Crippen molar-refractivity contribution in [2.24, 2.45) is 0 Å². The molecule has 1 aromatic rings. The van der Waals surface area contributed by atoms with Crippen LogP contribution in [0.3, 0.4) is 0 Å². The molecule has 0 aliphatic carbocycles. The molecule has 0 bridgehead atoms. The van der Waals surface area contributed by atoms with Crippen LogP contribution in [0.15, 0.2) is 16.5 Å². The molecule has 0 spiro atoms. The van der Waals surface area contributed by atoms with Gasteiger partial charge in [-0.25, -0.2) is 0 Å². The minimum Gasteiger partial charge on any atom is -0.354 e. The van der Waals surface area contributed by atoms with Crippen molar-refractivity contribution in [1.82, 2.24) is 20.8 Å². The molecule has 2 rings (SSSR count). The molecule has 0 saturated carbocycles. The fraction of sp³-hybridized carbons (Fsp3) is 0.500. The topological polar surface area (TPSA) is 66.9 Å². The number of nitrogens with zero attached hydrogens (tertiary/aromatic N) is 2. The van der Waals surface area contributed by atoms with E-state index in [0.717, 1.165) is 21.6 Å². The van der Waals surface area contributed by atoms with Crippen LogP contribution < -0.4 is 10.6 Å². The van der Waals surface area contributed by atoms with Gasteiger partial charge in [0.2, 0.25) is 5.91 Å². The first-order valence-corrected chi connectivity index (χ1v) is 7.16. The van der Waals surface area contributed by atoms with Crippen molar-refractivity contribution in [2.45, 2.75) is 17.3 Å². The average molecular weight is 307 g/mol. The summed E-state index contributed by atoms with van der Waals surface area (Å²) in [7, 11) is 0. The van der Waals surface area contributed by atoms with Crippen LogP contribution in [-0.2, 0) is 4.79 Å². The molecular weight excluding hydrogens is 292 g/mol. The number of carbonyl (C=O) groups excluding carboxylic acids is 1. The standard InChI is InChI=1S/C10H14N4OS2.ClH/c1-7-13-14-10(17-7)16-6-5-12-9(15)8-3-2-4-11-8;/h2-3,8,11H,4-6H2,1H3,(H,12,15);1H. The van der Waals surface area contributed by atoms with Crippen molar-refractivity contribution >= 4 is 41.4 Å². The van der Waals surface area contributed by atoms with Gasteiger partial charge < -0.3 is 5.32 Å². The predicted octanol–water partition coefficient (Wildman–Crippen LogP) is 1.00. The fourth-order valence-electron chi connectivity index (χ4n) is 1.41. The van der Waals surface area contributed by atoms with Crippen molar-refractivity contribution in [3.05, 3.63) is 17.2 Å². The third kappa shape index (κ3) is 4.56. The summed E-state index contributed by atoms with van der Waals surface area (Å²) >= 11 is 3.19. The second kappa shape index (κ2) is 7.73. The largest absolute Gasteiger partial charge is 0.354 e. The van der Waals surface area contributed by atoms with Gasteiger partial charge >= 0.3 is 0 Å². The van der Waals surface area contributed by atoms with Gasteiger partial charge in [-0.3, -0.25) is 10.1 Å². The van der Waals surface area contributed by atoms with Crippen molar-refractivity contribution < 1.29 is 4.79 Å². The van der Waals surface area contributed by atoms with Crippen LogP contribution in [0.1, 0.15) is 5.01 Å². The molecule has 100 valence electrons. The second-order valence-electron chi connectivity index (χ2n) is 3.54. The maximum atomic E-state index is 11.6. The van der Waals surface area contributed by atoms with Crippen LogP contribution in [0.2, 0.25) is 0 Å². The molecule has 2 N–H and O–H groups in total. The Labute approximate surface area is 120 Å². The van der Waals surface area contributed by atoms with Gasteiger partial charge in [-0.15, -0.1) is 22.6 Å². The Balaban J connectivity index is 0.00000162. The highest BCUT2D eigenvalue weighted by atomic mass is 35.5. The third-order valence-corrected chi connectivity index (χ3v) is 4.17. The summed E-state index contributed by atoms with van der Waals surface area (Å²) in [6, 6.07) is -0.163. The smallest absolute Gasteiger partial charge is 0.241 e. The Morgan fingerprint density at radius 3 is 3.11 bits per heavy atom. The molecule has 2 heterocycles. The summed E-state index contributed by atoms with van der Waals surface area (Å²) in [6.45, 7) is 3.35. The van der Waals surface area contributed by atoms with Gasteiger partial charge in [0.1, 0.15) is 11.0 Å². The van der Waals surface area contributed by atoms with Crippen molar-refractivity contribution in [3.8, 4) is 0 Å². The first kappa shape index (κ1) is 15.4. The SMILES string of the molecule is Cc1nnc(SCCNC(=O)C2C=CCN2)s1.Cl. The van der Waals surface area contributed by atoms with E-state index in [0.29, 0.717) is 6.54 Å². The quantitative estimate of drug-likeness (QED) is 0.483. The summed E-state index contributed by atoms with van der Waals surface area (Å²) < 4.78 is 0.954. The Kier molecular flexibility index (Phi) is 6.62. The molecule has 1 atom stereocenters. The van der Waals surface area contributed by atoms with Gasteiger partial charge in [0.05, 0.1) is 0 Å². The number of halogens is 1. The minimum atomic E-state index is -0.163. The van der Waals surface area contributed by atoms with Crippen LogP contribution in [0, 0.1) is 6.92 Å². The van der Waals surface area contributed by atoms with E-state index in [9.17, 15) is 4.79 Å². The molecule has 8 heteroatoms. The number of thioether (sulfide) groups is 1. The highest BCUT2D eigenvalue weighted by molar-refractivity contribution is 8.01. The number of rotatable bonds is 5. The van der Waals surface area contributed by atoms with E-state index < -0.39 is 0 Å². The number of carbonyl (C=O) groups is 1. The van der Waals surface area contributed by atoms with Crippen LogP contribution >= 0.6 is 35.5 Å². The summed E-state index contributed by atoms with van der Waals surface area (Å²) in [6.07, 6.45) is 3.85. The first-order chi connectivity index (χ1) is 8.25. The predicted molar refractivity (Wildman–Crippen MR) is 76.6 cm³/mol. The Hall–Kier alpha value is -0.630. The maximum absolute atomic E-state index is 11.6. The van der Waals surface area contributed by atoms with Gasteiger partial charge in [-0.2, -0.15) is 0 Å². The molecule has 1 aromatic heterocycles. The molecule has 0 aromatic carbocycles. The zero-order valence-corrected chi connectivity index (χ0v) is 12.3. The van der Waals surface area contributed by atoms with Crippen LogP contribution in [0.4, 0.5) is 0 Å². The molecule has 0 saturated heterocycles. The Bertz CT molecular complexity index is 424. The van der Waals surface area contributed by atoms with Gasteiger partial charge in [0, 0.05) is 18.8 Å². The monoisotopic (exact) mass is 306 g/mol. The highest BCUT2D eigenvalue weighted by Crippen LogP contribution is 2.20. The molecule has 1 aliphatic rings. The number of aryl methyl sites for hydroxylation is 1. The van der Waals surface area contributed by atoms with Gasteiger partial charge in [-0.05, 0) is 6.92 Å². The lowest BCUT2D eigenvalue weighted by Gasteiger charge is -2.09. The summed E-state index contributed by atoms with van der Waals surface area (Å²) in [4.78, 5) is 11.6. The Morgan fingerprint density at radius 1 is 1.67 bits per heavy atom. The zero-order valence-electron chi connectivity index (χ0n) is 9.88. The van der Waals surface area contributed by atoms with Crippen molar-refractivity contribution in [1.29, 1.82) is 0 Å². The molecular formula is C10H15ClN4OS2. The molecule has 1 aliphatic heterocycles. The average Bonchev–Trinajstić information content (AvgIpc) is 2.95. The van der Waals surface area contributed by atoms with Crippen molar-refractivity contribution in [3.63, 3.8) is 0 Å². The van der Waals surface area contributed by atoms with E-state index in [1.54, 1.807) is 23.1 Å². The Morgan fingerprint density at radius 2 is 2.50 bits per heavy atom. The molecule has 18 heavy (non-hydrogen) atoms. The molecule has 5 nitrogen and oxygen atoms in total. The number of hydrogen-bond donors (Lipinski definition) is 2.